The van der Waals surface area contributed by atoms with Crippen LogP contribution in [0.25, 0.3) is 0 Å². The summed E-state index contributed by atoms with van der Waals surface area (Å²) in [5.41, 5.74) is 3.61. The van der Waals surface area contributed by atoms with Crippen LogP contribution in [0.3, 0.4) is 0 Å². The number of hydrogen-bond acceptors (Lipinski definition) is 4. The molecule has 126 valence electrons. The molecule has 5 nitrogen and oxygen atoms in total. The summed E-state index contributed by atoms with van der Waals surface area (Å²) >= 11 is 0. The summed E-state index contributed by atoms with van der Waals surface area (Å²) in [6.45, 7) is 3.60. The highest BCUT2D eigenvalue weighted by molar-refractivity contribution is 5.93. The van der Waals surface area contributed by atoms with E-state index < -0.39 is 5.97 Å². The Bertz CT molecular complexity index is 723. The molecule has 2 rings (SSSR count). The zero-order valence-electron chi connectivity index (χ0n) is 14.1. The normalized spacial score (nSPS) is 10.1. The molecule has 0 saturated carbocycles. The van der Waals surface area contributed by atoms with Gasteiger partial charge in [-0.05, 0) is 43.2 Å². The van der Waals surface area contributed by atoms with E-state index in [9.17, 15) is 9.59 Å². The van der Waals surface area contributed by atoms with Gasteiger partial charge in [0, 0.05) is 5.69 Å². The van der Waals surface area contributed by atoms with Crippen LogP contribution in [-0.2, 0) is 20.7 Å². The predicted molar refractivity (Wildman–Crippen MR) is 92.2 cm³/mol. The average molecular weight is 327 g/mol. The first kappa shape index (κ1) is 17.5. The van der Waals surface area contributed by atoms with E-state index in [-0.39, 0.29) is 18.9 Å². The van der Waals surface area contributed by atoms with E-state index in [4.69, 9.17) is 9.47 Å². The van der Waals surface area contributed by atoms with Gasteiger partial charge in [0.15, 0.2) is 6.61 Å². The van der Waals surface area contributed by atoms with Crippen molar-refractivity contribution in [3.8, 4) is 5.75 Å². The number of hydrogen-bond donors (Lipinski definition) is 1. The third-order valence-electron chi connectivity index (χ3n) is 3.53. The molecule has 0 heterocycles. The number of amides is 1. The van der Waals surface area contributed by atoms with E-state index in [1.165, 1.54) is 0 Å². The van der Waals surface area contributed by atoms with Crippen molar-refractivity contribution in [2.24, 2.45) is 0 Å². The second-order valence-corrected chi connectivity index (χ2v) is 5.55. The predicted octanol–water partition coefficient (Wildman–Crippen LogP) is 3.04. The number of carbonyl (C=O) groups is 2. The Morgan fingerprint density at radius 3 is 2.38 bits per heavy atom. The van der Waals surface area contributed by atoms with E-state index in [2.05, 4.69) is 5.32 Å². The minimum atomic E-state index is -0.448. The van der Waals surface area contributed by atoms with Crippen LogP contribution in [0, 0.1) is 13.8 Å². The van der Waals surface area contributed by atoms with Crippen molar-refractivity contribution in [2.75, 3.05) is 19.0 Å². The molecule has 0 spiro atoms. The lowest BCUT2D eigenvalue weighted by atomic mass is 10.1. The number of aryl methyl sites for hydroxylation is 2. The Kier molecular flexibility index (Phi) is 5.95. The van der Waals surface area contributed by atoms with E-state index in [1.54, 1.807) is 31.4 Å². The molecule has 0 aliphatic heterocycles. The van der Waals surface area contributed by atoms with Gasteiger partial charge in [0.1, 0.15) is 5.75 Å². The van der Waals surface area contributed by atoms with Crippen molar-refractivity contribution in [3.05, 3.63) is 59.2 Å². The molecule has 0 unspecified atom stereocenters. The minimum Gasteiger partial charge on any atom is -0.497 e. The fourth-order valence-corrected chi connectivity index (χ4v) is 2.25. The molecule has 0 bridgehead atoms. The summed E-state index contributed by atoms with van der Waals surface area (Å²) in [4.78, 5) is 23.7. The van der Waals surface area contributed by atoms with Crippen molar-refractivity contribution in [1.82, 2.24) is 0 Å². The van der Waals surface area contributed by atoms with Crippen molar-refractivity contribution < 1.29 is 19.1 Å². The summed E-state index contributed by atoms with van der Waals surface area (Å²) < 4.78 is 10.1. The Morgan fingerprint density at radius 1 is 1.04 bits per heavy atom. The Balaban J connectivity index is 1.81. The highest BCUT2D eigenvalue weighted by Crippen LogP contribution is 2.16. The van der Waals surface area contributed by atoms with Crippen LogP contribution in [0.2, 0.25) is 0 Å². The van der Waals surface area contributed by atoms with Crippen LogP contribution < -0.4 is 10.1 Å². The molecule has 2 aromatic rings. The van der Waals surface area contributed by atoms with Crippen LogP contribution in [-0.4, -0.2) is 25.6 Å². The molecule has 0 aromatic heterocycles. The molecule has 24 heavy (non-hydrogen) atoms. The standard InChI is InChI=1S/C19H21NO4/c1-13-4-9-17(14(2)10-13)20-18(21)12-24-19(22)11-15-5-7-16(23-3)8-6-15/h4-10H,11-12H2,1-3H3,(H,20,21). The highest BCUT2D eigenvalue weighted by atomic mass is 16.5. The number of nitrogens with one attached hydrogen (secondary N) is 1. The first-order chi connectivity index (χ1) is 11.5. The number of methoxy groups -OCH3 is 1. The van der Waals surface area contributed by atoms with Gasteiger partial charge in [-0.1, -0.05) is 29.8 Å². The SMILES string of the molecule is COc1ccc(CC(=O)OCC(=O)Nc2ccc(C)cc2C)cc1. The topological polar surface area (TPSA) is 64.6 Å². The summed E-state index contributed by atoms with van der Waals surface area (Å²) in [6.07, 6.45) is 0.112. The van der Waals surface area contributed by atoms with Gasteiger partial charge >= 0.3 is 5.97 Å². The lowest BCUT2D eigenvalue weighted by Crippen LogP contribution is -2.22. The Morgan fingerprint density at radius 2 is 1.75 bits per heavy atom. The number of benzene rings is 2. The van der Waals surface area contributed by atoms with Crippen molar-refractivity contribution in [3.63, 3.8) is 0 Å². The van der Waals surface area contributed by atoms with Gasteiger partial charge in [-0.15, -0.1) is 0 Å². The molecule has 2 aromatic carbocycles. The van der Waals surface area contributed by atoms with Crippen molar-refractivity contribution in [1.29, 1.82) is 0 Å². The zero-order chi connectivity index (χ0) is 17.5. The van der Waals surface area contributed by atoms with Gasteiger partial charge in [-0.25, -0.2) is 0 Å². The average Bonchev–Trinajstić information content (AvgIpc) is 2.56. The second-order valence-electron chi connectivity index (χ2n) is 5.55. The number of ether oxygens (including phenoxy) is 2. The molecule has 1 N–H and O–H groups in total. The monoisotopic (exact) mass is 327 g/mol. The fraction of sp³-hybridized carbons (Fsp3) is 0.263. The third-order valence-corrected chi connectivity index (χ3v) is 3.53. The lowest BCUT2D eigenvalue weighted by Gasteiger charge is -2.10. The molecule has 5 heteroatoms. The van der Waals surface area contributed by atoms with Gasteiger partial charge in [-0.3, -0.25) is 9.59 Å². The van der Waals surface area contributed by atoms with E-state index >= 15 is 0 Å². The largest absolute Gasteiger partial charge is 0.497 e. The van der Waals surface area contributed by atoms with Gasteiger partial charge in [0.25, 0.3) is 5.91 Å². The van der Waals surface area contributed by atoms with Crippen LogP contribution in [0.4, 0.5) is 5.69 Å². The molecule has 1 amide bonds. The summed E-state index contributed by atoms with van der Waals surface area (Å²) in [7, 11) is 1.58. The highest BCUT2D eigenvalue weighted by Gasteiger charge is 2.10. The van der Waals surface area contributed by atoms with Gasteiger partial charge in [0.05, 0.1) is 13.5 Å². The van der Waals surface area contributed by atoms with Crippen LogP contribution >= 0.6 is 0 Å². The Labute approximate surface area is 141 Å². The van der Waals surface area contributed by atoms with Gasteiger partial charge < -0.3 is 14.8 Å². The smallest absolute Gasteiger partial charge is 0.310 e. The maximum atomic E-state index is 11.9. The maximum absolute atomic E-state index is 11.9. The summed E-state index contributed by atoms with van der Waals surface area (Å²) in [6, 6.07) is 12.8. The molecule has 0 radical (unpaired) electrons. The van der Waals surface area contributed by atoms with Crippen LogP contribution in [0.1, 0.15) is 16.7 Å². The lowest BCUT2D eigenvalue weighted by molar-refractivity contribution is -0.146. The van der Waals surface area contributed by atoms with Crippen molar-refractivity contribution in [2.45, 2.75) is 20.3 Å². The number of carbonyl (C=O) groups excluding carboxylic acids is 2. The van der Waals surface area contributed by atoms with Gasteiger partial charge in [-0.2, -0.15) is 0 Å². The molecular weight excluding hydrogens is 306 g/mol. The quantitative estimate of drug-likeness (QED) is 0.828. The van der Waals surface area contributed by atoms with Crippen molar-refractivity contribution >= 4 is 17.6 Å². The Hall–Kier alpha value is -2.82. The second kappa shape index (κ2) is 8.15. The number of esters is 1. The van der Waals surface area contributed by atoms with Crippen LogP contribution in [0.15, 0.2) is 42.5 Å². The minimum absolute atomic E-state index is 0.112. The van der Waals surface area contributed by atoms with E-state index in [0.717, 1.165) is 28.1 Å². The van der Waals surface area contributed by atoms with Crippen LogP contribution in [0.5, 0.6) is 5.75 Å². The fourth-order valence-electron chi connectivity index (χ4n) is 2.25. The third kappa shape index (κ3) is 5.12. The number of anilines is 1. The van der Waals surface area contributed by atoms with E-state index in [1.807, 2.05) is 32.0 Å². The zero-order valence-corrected chi connectivity index (χ0v) is 14.1. The molecule has 0 aliphatic rings. The summed E-state index contributed by atoms with van der Waals surface area (Å²) in [5.74, 6) is -0.0825. The maximum Gasteiger partial charge on any atom is 0.310 e. The molecular formula is C19H21NO4. The van der Waals surface area contributed by atoms with Gasteiger partial charge in [0.2, 0.25) is 0 Å². The summed E-state index contributed by atoms with van der Waals surface area (Å²) in [5, 5.41) is 2.74. The number of rotatable bonds is 6. The molecule has 0 atom stereocenters. The molecule has 0 fully saturated rings. The van der Waals surface area contributed by atoms with E-state index in [0.29, 0.717) is 0 Å². The first-order valence-electron chi connectivity index (χ1n) is 7.63. The molecule has 0 saturated heterocycles. The molecule has 0 aliphatic carbocycles. The first-order valence-corrected chi connectivity index (χ1v) is 7.63.